The van der Waals surface area contributed by atoms with E-state index in [1.165, 1.54) is 14.2 Å². The molecule has 0 bridgehead atoms. The van der Waals surface area contributed by atoms with Crippen LogP contribution in [0, 0.1) is 0 Å². The predicted molar refractivity (Wildman–Crippen MR) is 94.9 cm³/mol. The average molecular weight is 349 g/mol. The Hall–Kier alpha value is -2.41. The molecule has 0 aliphatic rings. The highest BCUT2D eigenvalue weighted by molar-refractivity contribution is 5.88. The maximum absolute atomic E-state index is 12.7. The van der Waals surface area contributed by atoms with E-state index >= 15 is 0 Å². The van der Waals surface area contributed by atoms with E-state index in [0.717, 1.165) is 5.56 Å². The fraction of sp³-hybridized carbons (Fsp3) is 0.500. The molecule has 0 unspecified atom stereocenters. The van der Waals surface area contributed by atoms with Crippen molar-refractivity contribution in [1.29, 1.82) is 0 Å². The Kier molecular flexibility index (Phi) is 8.63. The quantitative estimate of drug-likeness (QED) is 0.628. The van der Waals surface area contributed by atoms with E-state index in [1.807, 2.05) is 44.4 Å². The molecule has 0 saturated carbocycles. The predicted octanol–water partition coefficient (Wildman–Crippen LogP) is 0.343. The number of likely N-dealkylation sites (N-methyl/N-ethyl adjacent to an activating group) is 1. The topological polar surface area (TPSA) is 87.7 Å². The minimum Gasteiger partial charge on any atom is -0.467 e. The first kappa shape index (κ1) is 20.6. The van der Waals surface area contributed by atoms with Gasteiger partial charge in [-0.05, 0) is 32.5 Å². The van der Waals surface area contributed by atoms with Gasteiger partial charge in [0, 0.05) is 13.5 Å². The van der Waals surface area contributed by atoms with E-state index in [1.54, 1.807) is 4.90 Å². The van der Waals surface area contributed by atoms with E-state index in [0.29, 0.717) is 6.42 Å². The molecule has 2 N–H and O–H groups in total. The van der Waals surface area contributed by atoms with Gasteiger partial charge in [0.1, 0.15) is 6.04 Å². The van der Waals surface area contributed by atoms with Crippen molar-refractivity contribution in [2.75, 3.05) is 28.3 Å². The Morgan fingerprint density at radius 1 is 1.16 bits per heavy atom. The molecule has 1 aromatic carbocycles. The van der Waals surface area contributed by atoms with Crippen molar-refractivity contribution in [1.82, 2.24) is 15.5 Å². The summed E-state index contributed by atoms with van der Waals surface area (Å²) in [6.45, 7) is 0. The van der Waals surface area contributed by atoms with Crippen LogP contribution in [0.4, 0.5) is 0 Å². The van der Waals surface area contributed by atoms with Crippen LogP contribution in [0.3, 0.4) is 0 Å². The minimum atomic E-state index is -0.854. The van der Waals surface area contributed by atoms with Gasteiger partial charge in [0.2, 0.25) is 11.8 Å². The normalized spacial score (nSPS) is 13.0. The summed E-state index contributed by atoms with van der Waals surface area (Å²) < 4.78 is 4.74. The standard InChI is InChI=1S/C18H27N3O4/c1-19-16(22)11-10-14(18(24)25-4)20-17(23)15(21(2)3)12-13-8-6-5-7-9-13/h5-9,14-15H,10-12H2,1-4H3,(H,19,22)(H,20,23)/t14-,15-/m0/s1. The fourth-order valence-corrected chi connectivity index (χ4v) is 2.41. The maximum atomic E-state index is 12.7. The number of esters is 1. The zero-order chi connectivity index (χ0) is 18.8. The van der Waals surface area contributed by atoms with Gasteiger partial charge in [-0.2, -0.15) is 0 Å². The molecule has 7 heteroatoms. The Morgan fingerprint density at radius 3 is 2.32 bits per heavy atom. The lowest BCUT2D eigenvalue weighted by Crippen LogP contribution is -2.51. The SMILES string of the molecule is CNC(=O)CC[C@H](NC(=O)[C@H](Cc1ccccc1)N(C)C)C(=O)OC. The Balaban J connectivity index is 2.79. The second kappa shape index (κ2) is 10.5. The summed E-state index contributed by atoms with van der Waals surface area (Å²) in [5.41, 5.74) is 1.02. The number of nitrogens with one attached hydrogen (secondary N) is 2. The summed E-state index contributed by atoms with van der Waals surface area (Å²) >= 11 is 0. The third-order valence-corrected chi connectivity index (χ3v) is 3.94. The molecule has 1 aromatic rings. The van der Waals surface area contributed by atoms with Crippen LogP contribution < -0.4 is 10.6 Å². The molecule has 25 heavy (non-hydrogen) atoms. The number of hydrogen-bond donors (Lipinski definition) is 2. The number of nitrogens with zero attached hydrogens (tertiary/aromatic N) is 1. The van der Waals surface area contributed by atoms with E-state index in [-0.39, 0.29) is 24.7 Å². The molecule has 138 valence electrons. The first-order valence-electron chi connectivity index (χ1n) is 8.18. The summed E-state index contributed by atoms with van der Waals surface area (Å²) in [5, 5.41) is 5.21. The van der Waals surface area contributed by atoms with Gasteiger partial charge in [0.25, 0.3) is 0 Å². The summed E-state index contributed by atoms with van der Waals surface area (Å²) in [6.07, 6.45) is 0.828. The van der Waals surface area contributed by atoms with Crippen molar-refractivity contribution in [3.05, 3.63) is 35.9 Å². The van der Waals surface area contributed by atoms with Crippen LogP contribution in [0.2, 0.25) is 0 Å². The summed E-state index contributed by atoms with van der Waals surface area (Å²) in [6, 6.07) is 8.37. The summed E-state index contributed by atoms with van der Waals surface area (Å²) in [4.78, 5) is 37.8. The van der Waals surface area contributed by atoms with Crippen molar-refractivity contribution >= 4 is 17.8 Å². The largest absolute Gasteiger partial charge is 0.467 e. The van der Waals surface area contributed by atoms with Crippen molar-refractivity contribution in [3.63, 3.8) is 0 Å². The van der Waals surface area contributed by atoms with Crippen LogP contribution >= 0.6 is 0 Å². The molecule has 2 amide bonds. The van der Waals surface area contributed by atoms with Gasteiger partial charge in [-0.1, -0.05) is 30.3 Å². The summed E-state index contributed by atoms with van der Waals surface area (Å²) in [7, 11) is 6.40. The van der Waals surface area contributed by atoms with Gasteiger partial charge in [-0.3, -0.25) is 14.5 Å². The third-order valence-electron chi connectivity index (χ3n) is 3.94. The van der Waals surface area contributed by atoms with E-state index in [4.69, 9.17) is 4.74 Å². The first-order valence-corrected chi connectivity index (χ1v) is 8.18. The lowest BCUT2D eigenvalue weighted by atomic mass is 10.0. The maximum Gasteiger partial charge on any atom is 0.328 e. The average Bonchev–Trinajstić information content (AvgIpc) is 2.62. The van der Waals surface area contributed by atoms with E-state index < -0.39 is 18.1 Å². The van der Waals surface area contributed by atoms with E-state index in [2.05, 4.69) is 10.6 Å². The Bertz CT molecular complexity index is 575. The van der Waals surface area contributed by atoms with Gasteiger partial charge < -0.3 is 15.4 Å². The number of hydrogen-bond acceptors (Lipinski definition) is 5. The number of carbonyl (C=O) groups is 3. The number of rotatable bonds is 9. The van der Waals surface area contributed by atoms with Crippen LogP contribution in [0.15, 0.2) is 30.3 Å². The van der Waals surface area contributed by atoms with Crippen molar-refractivity contribution in [2.24, 2.45) is 0 Å². The molecule has 0 spiro atoms. The number of amides is 2. The number of carbonyl (C=O) groups excluding carboxylic acids is 3. The van der Waals surface area contributed by atoms with Gasteiger partial charge in [-0.15, -0.1) is 0 Å². The molecular weight excluding hydrogens is 322 g/mol. The molecule has 0 aliphatic heterocycles. The molecule has 0 aromatic heterocycles. The van der Waals surface area contributed by atoms with Gasteiger partial charge >= 0.3 is 5.97 Å². The lowest BCUT2D eigenvalue weighted by molar-refractivity contribution is -0.146. The molecule has 0 aliphatic carbocycles. The van der Waals surface area contributed by atoms with Crippen molar-refractivity contribution < 1.29 is 19.1 Å². The Labute approximate surface area is 148 Å². The number of ether oxygens (including phenoxy) is 1. The molecule has 2 atom stereocenters. The van der Waals surface area contributed by atoms with Crippen LogP contribution in [0.1, 0.15) is 18.4 Å². The highest BCUT2D eigenvalue weighted by Crippen LogP contribution is 2.09. The lowest BCUT2D eigenvalue weighted by Gasteiger charge is -2.26. The van der Waals surface area contributed by atoms with Crippen LogP contribution in [0.5, 0.6) is 0 Å². The molecule has 1 rings (SSSR count). The smallest absolute Gasteiger partial charge is 0.328 e. The van der Waals surface area contributed by atoms with Gasteiger partial charge in [-0.25, -0.2) is 4.79 Å². The zero-order valence-corrected chi connectivity index (χ0v) is 15.2. The number of methoxy groups -OCH3 is 1. The Morgan fingerprint density at radius 2 is 1.80 bits per heavy atom. The first-order chi connectivity index (χ1) is 11.9. The second-order valence-corrected chi connectivity index (χ2v) is 5.97. The second-order valence-electron chi connectivity index (χ2n) is 5.97. The fourth-order valence-electron chi connectivity index (χ4n) is 2.41. The molecule has 7 nitrogen and oxygen atoms in total. The molecule has 0 fully saturated rings. The number of benzene rings is 1. The zero-order valence-electron chi connectivity index (χ0n) is 15.2. The highest BCUT2D eigenvalue weighted by Gasteiger charge is 2.27. The molecular formula is C18H27N3O4. The van der Waals surface area contributed by atoms with Gasteiger partial charge in [0.15, 0.2) is 0 Å². The van der Waals surface area contributed by atoms with Crippen LogP contribution in [-0.2, 0) is 25.5 Å². The monoisotopic (exact) mass is 349 g/mol. The van der Waals surface area contributed by atoms with Crippen molar-refractivity contribution in [3.8, 4) is 0 Å². The summed E-state index contributed by atoms with van der Waals surface area (Å²) in [5.74, 6) is -1.03. The minimum absolute atomic E-state index is 0.127. The van der Waals surface area contributed by atoms with E-state index in [9.17, 15) is 14.4 Å². The molecule has 0 heterocycles. The van der Waals surface area contributed by atoms with Crippen LogP contribution in [-0.4, -0.2) is 63.0 Å². The van der Waals surface area contributed by atoms with Crippen LogP contribution in [0.25, 0.3) is 0 Å². The van der Waals surface area contributed by atoms with Crippen molar-refractivity contribution in [2.45, 2.75) is 31.3 Å². The highest BCUT2D eigenvalue weighted by atomic mass is 16.5. The molecule has 0 radical (unpaired) electrons. The molecule has 0 saturated heterocycles. The van der Waals surface area contributed by atoms with Gasteiger partial charge in [0.05, 0.1) is 13.2 Å². The third kappa shape index (κ3) is 6.93.